The summed E-state index contributed by atoms with van der Waals surface area (Å²) >= 11 is 0. The number of hydrogen-bond acceptors (Lipinski definition) is 5. The molecular formula is C31H39N5O2. The van der Waals surface area contributed by atoms with Gasteiger partial charge in [-0.3, -0.25) is 14.5 Å². The minimum atomic E-state index is 0.0172. The molecular weight excluding hydrogens is 474 g/mol. The molecule has 1 fully saturated rings. The Labute approximate surface area is 225 Å². The van der Waals surface area contributed by atoms with Crippen molar-refractivity contribution in [3.05, 3.63) is 54.6 Å². The number of benzene rings is 2. The molecule has 0 unspecified atom stereocenters. The molecule has 3 aromatic rings. The van der Waals surface area contributed by atoms with E-state index < -0.39 is 0 Å². The number of carbonyl (C=O) groups is 2. The number of carbonyl (C=O) groups excluding carboxylic acids is 2. The second-order valence-corrected chi connectivity index (χ2v) is 10.6. The van der Waals surface area contributed by atoms with Crippen molar-refractivity contribution >= 4 is 45.0 Å². The van der Waals surface area contributed by atoms with E-state index in [1.54, 1.807) is 0 Å². The highest BCUT2D eigenvalue weighted by Gasteiger charge is 2.12. The fourth-order valence-electron chi connectivity index (χ4n) is 5.37. The third-order valence-electron chi connectivity index (χ3n) is 7.56. The number of aromatic nitrogens is 1. The highest BCUT2D eigenvalue weighted by atomic mass is 16.2. The molecule has 0 saturated carbocycles. The summed E-state index contributed by atoms with van der Waals surface area (Å²) in [6.07, 6.45) is 12.7. The Balaban J connectivity index is 1.20. The Kier molecular flexibility index (Phi) is 8.99. The second kappa shape index (κ2) is 13.0. The topological polar surface area (TPSA) is 77.6 Å². The summed E-state index contributed by atoms with van der Waals surface area (Å²) < 4.78 is 0. The van der Waals surface area contributed by atoms with Gasteiger partial charge in [-0.2, -0.15) is 0 Å². The van der Waals surface area contributed by atoms with Crippen LogP contribution in [-0.2, 0) is 9.59 Å². The average Bonchev–Trinajstić information content (AvgIpc) is 3.35. The molecule has 0 bridgehead atoms. The fraction of sp³-hybridized carbons (Fsp3) is 0.452. The first-order chi connectivity index (χ1) is 18.6. The van der Waals surface area contributed by atoms with Crippen molar-refractivity contribution in [2.24, 2.45) is 0 Å². The van der Waals surface area contributed by atoms with Gasteiger partial charge in [0.1, 0.15) is 0 Å². The van der Waals surface area contributed by atoms with E-state index in [2.05, 4.69) is 38.7 Å². The minimum Gasteiger partial charge on any atom is -0.326 e. The normalized spacial score (nSPS) is 17.3. The summed E-state index contributed by atoms with van der Waals surface area (Å²) in [6, 6.07) is 13.8. The van der Waals surface area contributed by atoms with E-state index in [1.807, 2.05) is 36.4 Å². The number of fused-ring (bicyclic) bond motifs is 2. The van der Waals surface area contributed by atoms with E-state index in [-0.39, 0.29) is 11.8 Å². The highest BCUT2D eigenvalue weighted by Crippen LogP contribution is 2.25. The van der Waals surface area contributed by atoms with Gasteiger partial charge < -0.3 is 15.5 Å². The van der Waals surface area contributed by atoms with Crippen LogP contribution in [0.25, 0.3) is 21.8 Å². The van der Waals surface area contributed by atoms with E-state index in [9.17, 15) is 9.59 Å². The van der Waals surface area contributed by atoms with Crippen LogP contribution in [0.5, 0.6) is 0 Å². The van der Waals surface area contributed by atoms with Crippen molar-refractivity contribution in [1.82, 2.24) is 14.8 Å². The molecule has 0 atom stereocenters. The predicted molar refractivity (Wildman–Crippen MR) is 155 cm³/mol. The van der Waals surface area contributed by atoms with Crippen LogP contribution in [0.4, 0.5) is 11.4 Å². The molecule has 200 valence electrons. The number of nitrogens with zero attached hydrogens (tertiary/aromatic N) is 3. The van der Waals surface area contributed by atoms with Crippen molar-refractivity contribution in [2.75, 3.05) is 49.9 Å². The quantitative estimate of drug-likeness (QED) is 0.304. The smallest absolute Gasteiger partial charge is 0.225 e. The molecule has 0 aliphatic carbocycles. The van der Waals surface area contributed by atoms with Crippen LogP contribution in [0.15, 0.2) is 54.6 Å². The molecule has 2 aliphatic rings. The van der Waals surface area contributed by atoms with Gasteiger partial charge in [0.2, 0.25) is 11.8 Å². The predicted octanol–water partition coefficient (Wildman–Crippen LogP) is 5.57. The zero-order valence-corrected chi connectivity index (χ0v) is 22.3. The lowest BCUT2D eigenvalue weighted by Crippen LogP contribution is -2.28. The van der Waals surface area contributed by atoms with Gasteiger partial charge in [-0.05, 0) is 75.6 Å². The maximum Gasteiger partial charge on any atom is 0.225 e. The molecule has 3 heterocycles. The van der Waals surface area contributed by atoms with Crippen molar-refractivity contribution < 1.29 is 9.59 Å². The molecule has 0 spiro atoms. The molecule has 0 radical (unpaired) electrons. The maximum atomic E-state index is 12.6. The molecule has 2 amide bonds. The first-order valence-corrected chi connectivity index (χ1v) is 14.2. The molecule has 1 aromatic heterocycles. The van der Waals surface area contributed by atoms with Crippen LogP contribution in [-0.4, -0.2) is 65.9 Å². The Morgan fingerprint density at radius 2 is 1.26 bits per heavy atom. The Morgan fingerprint density at radius 1 is 0.684 bits per heavy atom. The molecule has 2 aromatic carbocycles. The number of nitrogens with one attached hydrogen (secondary N) is 2. The van der Waals surface area contributed by atoms with Gasteiger partial charge in [0, 0.05) is 54.6 Å². The number of allylic oxidation sites excluding steroid dienone is 1. The van der Waals surface area contributed by atoms with E-state index in [1.165, 1.54) is 25.7 Å². The number of anilines is 2. The first kappa shape index (κ1) is 26.3. The molecule has 7 nitrogen and oxygen atoms in total. The molecule has 1 saturated heterocycles. The standard InChI is InChI=1S/C31H39N5O2/c37-30(13-19-35-15-5-1-2-6-16-35)32-26-11-9-24-21-25-10-12-27(23-29(25)34-28(24)22-26)33-31(38)14-20-36-17-7-3-4-8-18-36/h1,5,9-12,21-23H,2-4,6-8,13-20H2,(H,32,37)(H,33,38). The zero-order chi connectivity index (χ0) is 26.2. The summed E-state index contributed by atoms with van der Waals surface area (Å²) in [4.78, 5) is 34.8. The third kappa shape index (κ3) is 7.39. The Morgan fingerprint density at radius 3 is 1.89 bits per heavy atom. The molecule has 2 aliphatic heterocycles. The summed E-state index contributed by atoms with van der Waals surface area (Å²) in [5.41, 5.74) is 3.15. The first-order valence-electron chi connectivity index (χ1n) is 14.2. The van der Waals surface area contributed by atoms with E-state index in [4.69, 9.17) is 4.98 Å². The van der Waals surface area contributed by atoms with Gasteiger partial charge in [0.25, 0.3) is 0 Å². The van der Waals surface area contributed by atoms with E-state index in [0.717, 1.165) is 85.3 Å². The monoisotopic (exact) mass is 513 g/mol. The van der Waals surface area contributed by atoms with Gasteiger partial charge in [-0.15, -0.1) is 0 Å². The van der Waals surface area contributed by atoms with Gasteiger partial charge in [0.15, 0.2) is 0 Å². The summed E-state index contributed by atoms with van der Waals surface area (Å²) in [6.45, 7) is 5.72. The number of amides is 2. The molecule has 7 heteroatoms. The van der Waals surface area contributed by atoms with Crippen LogP contribution in [0.1, 0.15) is 51.4 Å². The van der Waals surface area contributed by atoms with Gasteiger partial charge >= 0.3 is 0 Å². The van der Waals surface area contributed by atoms with Crippen LogP contribution in [0.2, 0.25) is 0 Å². The fourth-order valence-corrected chi connectivity index (χ4v) is 5.37. The lowest BCUT2D eigenvalue weighted by Gasteiger charge is -2.19. The largest absolute Gasteiger partial charge is 0.326 e. The average molecular weight is 514 g/mol. The Bertz CT molecular complexity index is 1300. The lowest BCUT2D eigenvalue weighted by molar-refractivity contribution is -0.117. The van der Waals surface area contributed by atoms with E-state index >= 15 is 0 Å². The highest BCUT2D eigenvalue weighted by molar-refractivity contribution is 5.99. The summed E-state index contributed by atoms with van der Waals surface area (Å²) in [5.74, 6) is 0.0547. The van der Waals surface area contributed by atoms with Crippen molar-refractivity contribution in [2.45, 2.75) is 51.4 Å². The second-order valence-electron chi connectivity index (χ2n) is 10.6. The molecule has 38 heavy (non-hydrogen) atoms. The number of pyridine rings is 1. The number of likely N-dealkylation sites (tertiary alicyclic amines) is 1. The SMILES string of the molecule is O=C(CCN1CC=CCCC1)Nc1ccc2cc3ccc(NC(=O)CCN4CCCCCC4)cc3nc2c1. The third-order valence-corrected chi connectivity index (χ3v) is 7.56. The Hall–Kier alpha value is -3.29. The number of rotatable bonds is 8. The van der Waals surface area contributed by atoms with Crippen LogP contribution in [0.3, 0.4) is 0 Å². The zero-order valence-electron chi connectivity index (χ0n) is 22.3. The molecule has 5 rings (SSSR count). The van der Waals surface area contributed by atoms with Gasteiger partial charge in [-0.25, -0.2) is 4.98 Å². The molecule has 2 N–H and O–H groups in total. The number of hydrogen-bond donors (Lipinski definition) is 2. The van der Waals surface area contributed by atoms with Crippen LogP contribution >= 0.6 is 0 Å². The van der Waals surface area contributed by atoms with Crippen LogP contribution in [0, 0.1) is 0 Å². The lowest BCUT2D eigenvalue weighted by atomic mass is 10.1. The maximum absolute atomic E-state index is 12.6. The van der Waals surface area contributed by atoms with E-state index in [0.29, 0.717) is 12.8 Å². The van der Waals surface area contributed by atoms with Crippen LogP contribution < -0.4 is 10.6 Å². The van der Waals surface area contributed by atoms with Gasteiger partial charge in [-0.1, -0.05) is 37.1 Å². The van der Waals surface area contributed by atoms with Crippen molar-refractivity contribution in [1.29, 1.82) is 0 Å². The van der Waals surface area contributed by atoms with Crippen molar-refractivity contribution in [3.8, 4) is 0 Å². The minimum absolute atomic E-state index is 0.0172. The summed E-state index contributed by atoms with van der Waals surface area (Å²) in [7, 11) is 0. The van der Waals surface area contributed by atoms with Crippen molar-refractivity contribution in [3.63, 3.8) is 0 Å². The van der Waals surface area contributed by atoms with Gasteiger partial charge in [0.05, 0.1) is 11.0 Å². The summed E-state index contributed by atoms with van der Waals surface area (Å²) in [5, 5.41) is 8.12.